The Balaban J connectivity index is 2.62. The molecule has 0 radical (unpaired) electrons. The zero-order chi connectivity index (χ0) is 9.24. The van der Waals surface area contributed by atoms with Crippen LogP contribution in [0.2, 0.25) is 0 Å². The van der Waals surface area contributed by atoms with Gasteiger partial charge in [-0.25, -0.2) is 6.57 Å². The summed E-state index contributed by atoms with van der Waals surface area (Å²) in [6.07, 6.45) is 5.11. The van der Waals surface area contributed by atoms with Crippen LogP contribution in [0.25, 0.3) is 4.85 Å². The van der Waals surface area contributed by atoms with Crippen molar-refractivity contribution in [2.75, 3.05) is 6.54 Å². The molecule has 1 fully saturated rings. The third-order valence-electron chi connectivity index (χ3n) is 3.00. The van der Waals surface area contributed by atoms with Crippen LogP contribution in [0, 0.1) is 17.4 Å². The highest BCUT2D eigenvalue weighted by molar-refractivity contribution is 4.91. The molecule has 0 heterocycles. The van der Waals surface area contributed by atoms with Gasteiger partial charge in [-0.1, -0.05) is 27.2 Å². The molecule has 1 unspecified atom stereocenters. The summed E-state index contributed by atoms with van der Waals surface area (Å²) < 4.78 is 0. The van der Waals surface area contributed by atoms with Crippen LogP contribution in [0.4, 0.5) is 0 Å². The molecular formula is C11H19N. The second-order valence-corrected chi connectivity index (χ2v) is 5.32. The van der Waals surface area contributed by atoms with Crippen molar-refractivity contribution in [2.24, 2.45) is 10.8 Å². The fraction of sp³-hybridized carbons (Fsp3) is 0.909. The number of hydrogen-bond donors (Lipinski definition) is 0. The van der Waals surface area contributed by atoms with Crippen molar-refractivity contribution in [1.82, 2.24) is 0 Å². The summed E-state index contributed by atoms with van der Waals surface area (Å²) in [5, 5.41) is 0. The average Bonchev–Trinajstić information content (AvgIpc) is 1.83. The first-order valence-corrected chi connectivity index (χ1v) is 4.81. The first-order chi connectivity index (χ1) is 5.47. The van der Waals surface area contributed by atoms with Crippen molar-refractivity contribution in [1.29, 1.82) is 0 Å². The molecule has 1 saturated carbocycles. The van der Waals surface area contributed by atoms with Gasteiger partial charge in [0.1, 0.15) is 0 Å². The molecule has 0 aromatic carbocycles. The van der Waals surface area contributed by atoms with Crippen LogP contribution in [-0.2, 0) is 0 Å². The summed E-state index contributed by atoms with van der Waals surface area (Å²) >= 11 is 0. The summed E-state index contributed by atoms with van der Waals surface area (Å²) in [6.45, 7) is 14.6. The van der Waals surface area contributed by atoms with Gasteiger partial charge in [-0.2, -0.15) is 0 Å². The van der Waals surface area contributed by atoms with E-state index in [2.05, 4.69) is 25.6 Å². The molecule has 0 amide bonds. The molecule has 1 atom stereocenters. The van der Waals surface area contributed by atoms with Crippen molar-refractivity contribution < 1.29 is 0 Å². The molecule has 0 spiro atoms. The largest absolute Gasteiger partial charge is 0.316 e. The summed E-state index contributed by atoms with van der Waals surface area (Å²) in [5.74, 6) is 0. The first kappa shape index (κ1) is 9.58. The SMILES string of the molecule is [C-]#[N+]CC1(C)CCCC(C)(C)C1. The Labute approximate surface area is 76.0 Å². The molecule has 0 aromatic rings. The van der Waals surface area contributed by atoms with Gasteiger partial charge in [0.25, 0.3) is 0 Å². The van der Waals surface area contributed by atoms with Gasteiger partial charge in [-0.15, -0.1) is 0 Å². The van der Waals surface area contributed by atoms with E-state index < -0.39 is 0 Å². The average molecular weight is 165 g/mol. The first-order valence-electron chi connectivity index (χ1n) is 4.81. The van der Waals surface area contributed by atoms with Gasteiger partial charge in [0.2, 0.25) is 6.54 Å². The molecule has 1 heteroatoms. The zero-order valence-corrected chi connectivity index (χ0v) is 8.48. The van der Waals surface area contributed by atoms with E-state index in [1.165, 1.54) is 25.7 Å². The normalized spacial score (nSPS) is 34.2. The Morgan fingerprint density at radius 1 is 1.25 bits per heavy atom. The van der Waals surface area contributed by atoms with E-state index in [1.807, 2.05) is 0 Å². The summed E-state index contributed by atoms with van der Waals surface area (Å²) in [5.41, 5.74) is 0.779. The standard InChI is InChI=1S/C11H19N/c1-10(2)6-5-7-11(3,8-10)9-12-4/h5-9H2,1-3H3. The summed E-state index contributed by atoms with van der Waals surface area (Å²) in [6, 6.07) is 0. The highest BCUT2D eigenvalue weighted by atomic mass is 14.7. The maximum absolute atomic E-state index is 6.92. The van der Waals surface area contributed by atoms with Crippen LogP contribution in [-0.4, -0.2) is 6.54 Å². The molecule has 0 N–H and O–H groups in total. The highest BCUT2D eigenvalue weighted by Gasteiger charge is 2.38. The number of nitrogens with zero attached hydrogens (tertiary/aromatic N) is 1. The molecule has 1 nitrogen and oxygen atoms in total. The van der Waals surface area contributed by atoms with E-state index in [1.54, 1.807) is 0 Å². The Morgan fingerprint density at radius 3 is 2.42 bits per heavy atom. The molecule has 0 bridgehead atoms. The van der Waals surface area contributed by atoms with E-state index in [9.17, 15) is 0 Å². The third kappa shape index (κ3) is 2.24. The Bertz CT molecular complexity index is 200. The van der Waals surface area contributed by atoms with Crippen molar-refractivity contribution >= 4 is 0 Å². The minimum atomic E-state index is 0.309. The second-order valence-electron chi connectivity index (χ2n) is 5.32. The number of rotatable bonds is 1. The molecule has 1 aliphatic rings. The van der Waals surface area contributed by atoms with Crippen LogP contribution in [0.15, 0.2) is 0 Å². The lowest BCUT2D eigenvalue weighted by Gasteiger charge is -2.39. The third-order valence-corrected chi connectivity index (χ3v) is 3.00. The summed E-state index contributed by atoms with van der Waals surface area (Å²) in [4.78, 5) is 3.55. The van der Waals surface area contributed by atoms with Gasteiger partial charge in [0.05, 0.1) is 0 Å². The maximum Gasteiger partial charge on any atom is 0.219 e. The minimum absolute atomic E-state index is 0.309. The second kappa shape index (κ2) is 3.09. The summed E-state index contributed by atoms with van der Waals surface area (Å²) in [7, 11) is 0. The van der Waals surface area contributed by atoms with Gasteiger partial charge >= 0.3 is 0 Å². The lowest BCUT2D eigenvalue weighted by Crippen LogP contribution is -2.32. The fourth-order valence-electron chi connectivity index (χ4n) is 2.65. The number of hydrogen-bond acceptors (Lipinski definition) is 0. The predicted octanol–water partition coefficient (Wildman–Crippen LogP) is 3.51. The van der Waals surface area contributed by atoms with E-state index >= 15 is 0 Å². The van der Waals surface area contributed by atoms with Crippen molar-refractivity contribution in [3.8, 4) is 0 Å². The molecule has 0 saturated heterocycles. The van der Waals surface area contributed by atoms with Crippen molar-refractivity contribution in [2.45, 2.75) is 46.5 Å². The van der Waals surface area contributed by atoms with Gasteiger partial charge in [-0.3, -0.25) is 0 Å². The van der Waals surface area contributed by atoms with Gasteiger partial charge in [0, 0.05) is 5.41 Å². The monoisotopic (exact) mass is 165 g/mol. The Kier molecular flexibility index (Phi) is 2.46. The van der Waals surface area contributed by atoms with Crippen LogP contribution < -0.4 is 0 Å². The van der Waals surface area contributed by atoms with Gasteiger partial charge < -0.3 is 4.85 Å². The van der Waals surface area contributed by atoms with Crippen molar-refractivity contribution in [3.63, 3.8) is 0 Å². The fourth-order valence-corrected chi connectivity index (χ4v) is 2.65. The highest BCUT2D eigenvalue weighted by Crippen LogP contribution is 2.45. The zero-order valence-electron chi connectivity index (χ0n) is 8.48. The lowest BCUT2D eigenvalue weighted by molar-refractivity contribution is 0.113. The topological polar surface area (TPSA) is 4.36 Å². The molecule has 0 aliphatic heterocycles. The molecule has 0 aromatic heterocycles. The minimum Gasteiger partial charge on any atom is -0.316 e. The lowest BCUT2D eigenvalue weighted by atomic mass is 9.64. The van der Waals surface area contributed by atoms with Crippen molar-refractivity contribution in [3.05, 3.63) is 11.4 Å². The van der Waals surface area contributed by atoms with Crippen LogP contribution in [0.5, 0.6) is 0 Å². The predicted molar refractivity (Wildman–Crippen MR) is 51.8 cm³/mol. The van der Waals surface area contributed by atoms with Crippen LogP contribution >= 0.6 is 0 Å². The van der Waals surface area contributed by atoms with E-state index in [-0.39, 0.29) is 0 Å². The van der Waals surface area contributed by atoms with Crippen LogP contribution in [0.1, 0.15) is 46.5 Å². The quantitative estimate of drug-likeness (QED) is 0.524. The van der Waals surface area contributed by atoms with Gasteiger partial charge in [-0.05, 0) is 24.7 Å². The maximum atomic E-state index is 6.92. The van der Waals surface area contributed by atoms with E-state index in [4.69, 9.17) is 6.57 Å². The van der Waals surface area contributed by atoms with E-state index in [0.29, 0.717) is 10.8 Å². The molecule has 1 rings (SSSR count). The van der Waals surface area contributed by atoms with Crippen LogP contribution in [0.3, 0.4) is 0 Å². The van der Waals surface area contributed by atoms with E-state index in [0.717, 1.165) is 6.54 Å². The van der Waals surface area contributed by atoms with Gasteiger partial charge in [0.15, 0.2) is 0 Å². The Hall–Kier alpha value is -0.510. The molecule has 12 heavy (non-hydrogen) atoms. The molecule has 68 valence electrons. The Morgan fingerprint density at radius 2 is 1.92 bits per heavy atom. The molecule has 1 aliphatic carbocycles. The molecular weight excluding hydrogens is 146 g/mol. The smallest absolute Gasteiger partial charge is 0.219 e.